The molecule has 1 atom stereocenters. The van der Waals surface area contributed by atoms with Crippen molar-refractivity contribution in [2.24, 2.45) is 5.73 Å². The molecule has 3 rings (SSSR count). The first-order valence-corrected chi connectivity index (χ1v) is 9.97. The molecule has 0 radical (unpaired) electrons. The van der Waals surface area contributed by atoms with E-state index < -0.39 is 5.91 Å². The van der Waals surface area contributed by atoms with Gasteiger partial charge in [-0.15, -0.1) is 0 Å². The lowest BCUT2D eigenvalue weighted by Gasteiger charge is -2.27. The van der Waals surface area contributed by atoms with Crippen LogP contribution < -0.4 is 16.0 Å². The van der Waals surface area contributed by atoms with Gasteiger partial charge >= 0.3 is 0 Å². The van der Waals surface area contributed by atoms with E-state index in [-0.39, 0.29) is 11.9 Å². The van der Waals surface area contributed by atoms with Gasteiger partial charge in [0.05, 0.1) is 6.20 Å². The van der Waals surface area contributed by atoms with Gasteiger partial charge in [0.15, 0.2) is 5.65 Å². The second-order valence-electron chi connectivity index (χ2n) is 7.52. The van der Waals surface area contributed by atoms with Gasteiger partial charge in [-0.05, 0) is 44.9 Å². The van der Waals surface area contributed by atoms with Crippen molar-refractivity contribution in [1.82, 2.24) is 19.9 Å². The van der Waals surface area contributed by atoms with Crippen molar-refractivity contribution >= 4 is 23.1 Å². The van der Waals surface area contributed by atoms with Gasteiger partial charge in [0.1, 0.15) is 5.56 Å². The molecular weight excluding hydrogens is 380 g/mol. The summed E-state index contributed by atoms with van der Waals surface area (Å²) in [6.07, 6.45) is 2.32. The Balaban J connectivity index is 1.61. The van der Waals surface area contributed by atoms with Crippen LogP contribution in [0, 0.1) is 13.8 Å². The van der Waals surface area contributed by atoms with Crippen LogP contribution in [0.1, 0.15) is 40.7 Å². The number of carbonyl (C=O) groups is 2. The number of hydrogen-bond donors (Lipinski definition) is 2. The SMILES string of the molecule is Cc1nc2c(C(N)=O)cnn2c(C)c1CCC(=O)NCC(C)N(C)c1ccccc1. The molecule has 158 valence electrons. The predicted molar refractivity (Wildman–Crippen MR) is 117 cm³/mol. The summed E-state index contributed by atoms with van der Waals surface area (Å²) in [4.78, 5) is 30.6. The average molecular weight is 409 g/mol. The first kappa shape index (κ1) is 21.3. The van der Waals surface area contributed by atoms with Crippen LogP contribution >= 0.6 is 0 Å². The van der Waals surface area contributed by atoms with Crippen LogP contribution in [0.15, 0.2) is 36.5 Å². The minimum Gasteiger partial charge on any atom is -0.370 e. The van der Waals surface area contributed by atoms with E-state index >= 15 is 0 Å². The standard InChI is InChI=1S/C22H28N6O2/c1-14(27(4)17-8-6-5-7-9-17)12-24-20(29)11-10-18-15(2)26-22-19(21(23)30)13-25-28(22)16(18)3/h5-9,13-14H,10-12H2,1-4H3,(H2,23,30)(H,24,29). The third kappa shape index (κ3) is 4.42. The lowest BCUT2D eigenvalue weighted by molar-refractivity contribution is -0.121. The summed E-state index contributed by atoms with van der Waals surface area (Å²) in [5, 5.41) is 7.24. The van der Waals surface area contributed by atoms with E-state index in [1.165, 1.54) is 6.20 Å². The van der Waals surface area contributed by atoms with Crippen LogP contribution in [0.3, 0.4) is 0 Å². The number of para-hydroxylation sites is 1. The summed E-state index contributed by atoms with van der Waals surface area (Å²) >= 11 is 0. The van der Waals surface area contributed by atoms with E-state index in [4.69, 9.17) is 5.73 Å². The van der Waals surface area contributed by atoms with Crippen molar-refractivity contribution in [2.45, 2.75) is 39.7 Å². The molecule has 0 aliphatic rings. The number of nitrogens with two attached hydrogens (primary N) is 1. The van der Waals surface area contributed by atoms with Crippen LogP contribution in [-0.4, -0.2) is 46.0 Å². The Bertz CT molecular complexity index is 1060. The number of anilines is 1. The van der Waals surface area contributed by atoms with Crippen molar-refractivity contribution in [1.29, 1.82) is 0 Å². The predicted octanol–water partition coefficient (Wildman–Crippen LogP) is 2.02. The summed E-state index contributed by atoms with van der Waals surface area (Å²) in [7, 11) is 2.02. The number of nitrogens with zero attached hydrogens (tertiary/aromatic N) is 4. The lowest BCUT2D eigenvalue weighted by Crippen LogP contribution is -2.40. The number of likely N-dealkylation sites (N-methyl/N-ethyl adjacent to an activating group) is 1. The van der Waals surface area contributed by atoms with E-state index in [2.05, 4.69) is 27.2 Å². The summed E-state index contributed by atoms with van der Waals surface area (Å²) in [6, 6.07) is 10.2. The summed E-state index contributed by atoms with van der Waals surface area (Å²) in [5.41, 5.74) is 9.82. The van der Waals surface area contributed by atoms with E-state index in [1.54, 1.807) is 4.52 Å². The number of carbonyl (C=O) groups excluding carboxylic acids is 2. The highest BCUT2D eigenvalue weighted by atomic mass is 16.2. The molecule has 30 heavy (non-hydrogen) atoms. The molecule has 8 heteroatoms. The first-order chi connectivity index (χ1) is 14.3. The zero-order valence-electron chi connectivity index (χ0n) is 17.8. The second-order valence-corrected chi connectivity index (χ2v) is 7.52. The number of amides is 2. The monoisotopic (exact) mass is 408 g/mol. The van der Waals surface area contributed by atoms with Gasteiger partial charge in [0, 0.05) is 43.1 Å². The minimum atomic E-state index is -0.557. The van der Waals surface area contributed by atoms with Gasteiger partial charge in [-0.3, -0.25) is 9.59 Å². The Morgan fingerprint density at radius 3 is 2.60 bits per heavy atom. The Morgan fingerprint density at radius 2 is 1.93 bits per heavy atom. The molecule has 0 bridgehead atoms. The number of primary amides is 1. The molecular formula is C22H28N6O2. The molecule has 0 fully saturated rings. The van der Waals surface area contributed by atoms with Gasteiger partial charge in [-0.25, -0.2) is 9.50 Å². The Kier molecular flexibility index (Phi) is 6.34. The molecule has 1 aromatic carbocycles. The number of rotatable bonds is 8. The molecule has 2 aromatic heterocycles. The zero-order valence-corrected chi connectivity index (χ0v) is 17.8. The van der Waals surface area contributed by atoms with Gasteiger partial charge in [-0.1, -0.05) is 18.2 Å². The Hall–Kier alpha value is -3.42. The first-order valence-electron chi connectivity index (χ1n) is 9.97. The van der Waals surface area contributed by atoms with Crippen molar-refractivity contribution < 1.29 is 9.59 Å². The number of nitrogens with one attached hydrogen (secondary N) is 1. The molecule has 8 nitrogen and oxygen atoms in total. The largest absolute Gasteiger partial charge is 0.370 e. The lowest BCUT2D eigenvalue weighted by atomic mass is 10.1. The third-order valence-electron chi connectivity index (χ3n) is 5.50. The number of hydrogen-bond acceptors (Lipinski definition) is 5. The average Bonchev–Trinajstić information content (AvgIpc) is 3.16. The summed E-state index contributed by atoms with van der Waals surface area (Å²) < 4.78 is 1.61. The van der Waals surface area contributed by atoms with Crippen LogP contribution in [0.4, 0.5) is 5.69 Å². The molecule has 2 amide bonds. The van der Waals surface area contributed by atoms with Crippen molar-refractivity contribution in [3.05, 3.63) is 59.0 Å². The minimum absolute atomic E-state index is 0.0134. The second kappa shape index (κ2) is 8.94. The normalized spacial score (nSPS) is 12.0. The zero-order chi connectivity index (χ0) is 21.8. The Labute approximate surface area is 176 Å². The molecule has 0 aliphatic carbocycles. The molecule has 0 saturated heterocycles. The number of aryl methyl sites for hydroxylation is 2. The fourth-order valence-electron chi connectivity index (χ4n) is 3.49. The van der Waals surface area contributed by atoms with Gasteiger partial charge < -0.3 is 16.0 Å². The fourth-order valence-corrected chi connectivity index (χ4v) is 3.49. The maximum atomic E-state index is 12.4. The highest BCUT2D eigenvalue weighted by Gasteiger charge is 2.17. The quantitative estimate of drug-likeness (QED) is 0.593. The molecule has 2 heterocycles. The van der Waals surface area contributed by atoms with Crippen molar-refractivity contribution in [3.8, 4) is 0 Å². The summed E-state index contributed by atoms with van der Waals surface area (Å²) in [5.74, 6) is -0.571. The van der Waals surface area contributed by atoms with Crippen molar-refractivity contribution in [2.75, 3.05) is 18.5 Å². The van der Waals surface area contributed by atoms with Gasteiger partial charge in [0.25, 0.3) is 5.91 Å². The van der Waals surface area contributed by atoms with E-state index in [0.717, 1.165) is 22.6 Å². The molecule has 0 aliphatic heterocycles. The molecule has 1 unspecified atom stereocenters. The highest BCUT2D eigenvalue weighted by molar-refractivity contribution is 5.98. The maximum absolute atomic E-state index is 12.4. The Morgan fingerprint density at radius 1 is 1.23 bits per heavy atom. The van der Waals surface area contributed by atoms with Gasteiger partial charge in [-0.2, -0.15) is 5.10 Å². The third-order valence-corrected chi connectivity index (χ3v) is 5.50. The van der Waals surface area contributed by atoms with Gasteiger partial charge in [0.2, 0.25) is 5.91 Å². The topological polar surface area (TPSA) is 106 Å². The number of fused-ring (bicyclic) bond motifs is 1. The number of aromatic nitrogens is 3. The molecule has 0 spiro atoms. The van der Waals surface area contributed by atoms with Crippen LogP contribution in [-0.2, 0) is 11.2 Å². The van der Waals surface area contributed by atoms with Crippen LogP contribution in [0.25, 0.3) is 5.65 Å². The number of benzene rings is 1. The van der Waals surface area contributed by atoms with Crippen LogP contribution in [0.5, 0.6) is 0 Å². The molecule has 3 N–H and O–H groups in total. The van der Waals surface area contributed by atoms with E-state index in [1.807, 2.05) is 51.2 Å². The van der Waals surface area contributed by atoms with E-state index in [9.17, 15) is 9.59 Å². The van der Waals surface area contributed by atoms with Crippen LogP contribution in [0.2, 0.25) is 0 Å². The molecule has 3 aromatic rings. The van der Waals surface area contributed by atoms with Crippen molar-refractivity contribution in [3.63, 3.8) is 0 Å². The highest BCUT2D eigenvalue weighted by Crippen LogP contribution is 2.18. The maximum Gasteiger partial charge on any atom is 0.254 e. The smallest absolute Gasteiger partial charge is 0.254 e. The summed E-state index contributed by atoms with van der Waals surface area (Å²) in [6.45, 7) is 6.41. The molecule has 0 saturated carbocycles. The fraction of sp³-hybridized carbons (Fsp3) is 0.364. The van der Waals surface area contributed by atoms with E-state index in [0.29, 0.717) is 30.6 Å².